The summed E-state index contributed by atoms with van der Waals surface area (Å²) in [5.41, 5.74) is 1.63. The van der Waals surface area contributed by atoms with Crippen LogP contribution in [0.4, 0.5) is 5.69 Å². The molecule has 0 fully saturated rings. The molecule has 0 radical (unpaired) electrons. The number of aliphatic hydroxyl groups excluding tert-OH is 1. The molecule has 106 valence electrons. The smallest absolute Gasteiger partial charge is 0.224 e. The second-order valence-electron chi connectivity index (χ2n) is 4.54. The molecular weight excluding hydrogens is 240 g/mol. The Kier molecular flexibility index (Phi) is 6.53. The Morgan fingerprint density at radius 3 is 2.32 bits per heavy atom. The molecule has 0 heterocycles. The maximum atomic E-state index is 11.3. The third-order valence-corrected chi connectivity index (χ3v) is 3.14. The highest BCUT2D eigenvalue weighted by Crippen LogP contribution is 2.21. The van der Waals surface area contributed by atoms with Gasteiger partial charge in [-0.15, -0.1) is 0 Å². The highest BCUT2D eigenvalue weighted by molar-refractivity contribution is 5.90. The van der Waals surface area contributed by atoms with Crippen LogP contribution in [0.5, 0.6) is 0 Å². The van der Waals surface area contributed by atoms with E-state index in [9.17, 15) is 9.90 Å². The van der Waals surface area contributed by atoms with E-state index in [1.54, 1.807) is 0 Å². The first-order chi connectivity index (χ1) is 9.12. The molecule has 0 aliphatic carbocycles. The van der Waals surface area contributed by atoms with Gasteiger partial charge in [0.2, 0.25) is 5.91 Å². The second kappa shape index (κ2) is 7.92. The van der Waals surface area contributed by atoms with E-state index in [2.05, 4.69) is 10.6 Å². The number of benzene rings is 1. The molecule has 1 aromatic carbocycles. The van der Waals surface area contributed by atoms with Crippen LogP contribution in [-0.2, 0) is 4.79 Å². The van der Waals surface area contributed by atoms with Gasteiger partial charge < -0.3 is 15.7 Å². The van der Waals surface area contributed by atoms with Crippen LogP contribution in [0.2, 0.25) is 0 Å². The van der Waals surface area contributed by atoms with Crippen molar-refractivity contribution in [3.63, 3.8) is 0 Å². The molecule has 4 nitrogen and oxygen atoms in total. The number of anilines is 1. The van der Waals surface area contributed by atoms with Crippen molar-refractivity contribution in [2.45, 2.75) is 45.8 Å². The number of carbonyl (C=O) groups is 1. The standard InChI is InChI=1S/C15H24N2O2/c1-4-13(16-6-3)15(19)11-7-9-12(10-8-11)17-14(18)5-2/h7-10,13,15-16,19H,4-6H2,1-3H3,(H,17,18). The maximum absolute atomic E-state index is 11.3. The van der Waals surface area contributed by atoms with Gasteiger partial charge in [-0.25, -0.2) is 0 Å². The fourth-order valence-electron chi connectivity index (χ4n) is 1.99. The zero-order valence-electron chi connectivity index (χ0n) is 11.9. The molecule has 3 N–H and O–H groups in total. The van der Waals surface area contributed by atoms with Crippen LogP contribution >= 0.6 is 0 Å². The molecule has 1 amide bonds. The topological polar surface area (TPSA) is 61.4 Å². The molecule has 1 rings (SSSR count). The fourth-order valence-corrected chi connectivity index (χ4v) is 1.99. The van der Waals surface area contributed by atoms with Crippen LogP contribution in [-0.4, -0.2) is 23.6 Å². The quantitative estimate of drug-likeness (QED) is 0.709. The van der Waals surface area contributed by atoms with E-state index in [1.165, 1.54) is 0 Å². The molecule has 2 atom stereocenters. The first-order valence-electron chi connectivity index (χ1n) is 6.93. The minimum atomic E-state index is -0.527. The zero-order valence-corrected chi connectivity index (χ0v) is 11.9. The Morgan fingerprint density at radius 1 is 1.21 bits per heavy atom. The number of amides is 1. The largest absolute Gasteiger partial charge is 0.387 e. The maximum Gasteiger partial charge on any atom is 0.224 e. The Balaban J connectivity index is 2.71. The van der Waals surface area contributed by atoms with Crippen molar-refractivity contribution in [1.29, 1.82) is 0 Å². The van der Waals surface area contributed by atoms with Gasteiger partial charge in [0.05, 0.1) is 6.10 Å². The lowest BCUT2D eigenvalue weighted by Crippen LogP contribution is -2.34. The Hall–Kier alpha value is -1.39. The minimum Gasteiger partial charge on any atom is -0.387 e. The van der Waals surface area contributed by atoms with E-state index in [1.807, 2.05) is 45.0 Å². The summed E-state index contributed by atoms with van der Waals surface area (Å²) in [6.45, 7) is 6.72. The molecule has 0 aromatic heterocycles. The highest BCUT2D eigenvalue weighted by atomic mass is 16.3. The molecule has 0 aliphatic rings. The van der Waals surface area contributed by atoms with Gasteiger partial charge in [-0.1, -0.05) is 32.9 Å². The lowest BCUT2D eigenvalue weighted by atomic mass is 10.00. The van der Waals surface area contributed by atoms with Crippen molar-refractivity contribution < 1.29 is 9.90 Å². The van der Waals surface area contributed by atoms with E-state index in [0.29, 0.717) is 6.42 Å². The van der Waals surface area contributed by atoms with Gasteiger partial charge in [-0.3, -0.25) is 4.79 Å². The van der Waals surface area contributed by atoms with Crippen molar-refractivity contribution in [2.24, 2.45) is 0 Å². The average Bonchev–Trinajstić information content (AvgIpc) is 2.44. The Labute approximate surface area is 115 Å². The number of hydrogen-bond donors (Lipinski definition) is 3. The summed E-state index contributed by atoms with van der Waals surface area (Å²) < 4.78 is 0. The zero-order chi connectivity index (χ0) is 14.3. The number of likely N-dealkylation sites (N-methyl/N-ethyl adjacent to an activating group) is 1. The van der Waals surface area contributed by atoms with Crippen LogP contribution < -0.4 is 10.6 Å². The molecule has 2 unspecified atom stereocenters. The first-order valence-corrected chi connectivity index (χ1v) is 6.93. The third kappa shape index (κ3) is 4.65. The fraction of sp³-hybridized carbons (Fsp3) is 0.533. The van der Waals surface area contributed by atoms with Gasteiger partial charge in [0.1, 0.15) is 0 Å². The summed E-state index contributed by atoms with van der Waals surface area (Å²) >= 11 is 0. The molecule has 1 aromatic rings. The van der Waals surface area contributed by atoms with Crippen LogP contribution in [0.15, 0.2) is 24.3 Å². The van der Waals surface area contributed by atoms with Crippen molar-refractivity contribution in [2.75, 3.05) is 11.9 Å². The van der Waals surface area contributed by atoms with Crippen LogP contribution in [0.1, 0.15) is 45.3 Å². The summed E-state index contributed by atoms with van der Waals surface area (Å²) in [4.78, 5) is 11.3. The van der Waals surface area contributed by atoms with Crippen LogP contribution in [0.3, 0.4) is 0 Å². The number of rotatable bonds is 7. The number of hydrogen-bond acceptors (Lipinski definition) is 3. The van der Waals surface area contributed by atoms with Crippen LogP contribution in [0.25, 0.3) is 0 Å². The molecule has 4 heteroatoms. The normalized spacial score (nSPS) is 13.9. The summed E-state index contributed by atoms with van der Waals surface area (Å²) in [5.74, 6) is -0.00705. The van der Waals surface area contributed by atoms with Gasteiger partial charge >= 0.3 is 0 Å². The monoisotopic (exact) mass is 264 g/mol. The predicted molar refractivity (Wildman–Crippen MR) is 78.1 cm³/mol. The lowest BCUT2D eigenvalue weighted by molar-refractivity contribution is -0.115. The van der Waals surface area contributed by atoms with Gasteiger partial charge in [0.15, 0.2) is 0 Å². The SMILES string of the molecule is CCNC(CC)C(O)c1ccc(NC(=O)CC)cc1. The molecule has 0 saturated heterocycles. The molecule has 0 saturated carbocycles. The van der Waals surface area contributed by atoms with Crippen molar-refractivity contribution >= 4 is 11.6 Å². The van der Waals surface area contributed by atoms with Crippen molar-refractivity contribution in [3.8, 4) is 0 Å². The molecular formula is C15H24N2O2. The summed E-state index contributed by atoms with van der Waals surface area (Å²) in [6.07, 6.45) is 0.798. The molecule has 19 heavy (non-hydrogen) atoms. The third-order valence-electron chi connectivity index (χ3n) is 3.14. The second-order valence-corrected chi connectivity index (χ2v) is 4.54. The van der Waals surface area contributed by atoms with E-state index in [0.717, 1.165) is 24.2 Å². The molecule has 0 bridgehead atoms. The summed E-state index contributed by atoms with van der Waals surface area (Å²) in [5, 5.41) is 16.3. The number of carbonyl (C=O) groups excluding carboxylic acids is 1. The number of nitrogens with one attached hydrogen (secondary N) is 2. The van der Waals surface area contributed by atoms with Crippen LogP contribution in [0, 0.1) is 0 Å². The van der Waals surface area contributed by atoms with E-state index >= 15 is 0 Å². The average molecular weight is 264 g/mol. The van der Waals surface area contributed by atoms with E-state index in [-0.39, 0.29) is 11.9 Å². The minimum absolute atomic E-state index is 0.00705. The molecule has 0 aliphatic heterocycles. The van der Waals surface area contributed by atoms with E-state index in [4.69, 9.17) is 0 Å². The van der Waals surface area contributed by atoms with Crippen molar-refractivity contribution in [3.05, 3.63) is 29.8 Å². The number of aliphatic hydroxyl groups is 1. The lowest BCUT2D eigenvalue weighted by Gasteiger charge is -2.22. The van der Waals surface area contributed by atoms with Crippen molar-refractivity contribution in [1.82, 2.24) is 5.32 Å². The summed E-state index contributed by atoms with van der Waals surface area (Å²) in [7, 11) is 0. The Bertz CT molecular complexity index is 390. The van der Waals surface area contributed by atoms with Gasteiger partial charge in [-0.05, 0) is 30.7 Å². The highest BCUT2D eigenvalue weighted by Gasteiger charge is 2.17. The van der Waals surface area contributed by atoms with Gasteiger partial charge in [0, 0.05) is 18.2 Å². The van der Waals surface area contributed by atoms with Gasteiger partial charge in [-0.2, -0.15) is 0 Å². The summed E-state index contributed by atoms with van der Waals surface area (Å²) in [6, 6.07) is 7.42. The predicted octanol–water partition coefficient (Wildman–Crippen LogP) is 2.46. The van der Waals surface area contributed by atoms with E-state index < -0.39 is 6.10 Å². The first kappa shape index (κ1) is 15.7. The molecule has 0 spiro atoms. The van der Waals surface area contributed by atoms with Gasteiger partial charge in [0.25, 0.3) is 0 Å². The Morgan fingerprint density at radius 2 is 1.84 bits per heavy atom.